The van der Waals surface area contributed by atoms with E-state index in [1.807, 2.05) is 42.6 Å². The number of nitrogens with one attached hydrogen (secondary N) is 1. The zero-order chi connectivity index (χ0) is 24.2. The van der Waals surface area contributed by atoms with E-state index in [2.05, 4.69) is 15.2 Å². The molecule has 0 saturated carbocycles. The third kappa shape index (κ3) is 4.93. The Morgan fingerprint density at radius 2 is 1.91 bits per heavy atom. The fourth-order valence-corrected chi connectivity index (χ4v) is 4.08. The lowest BCUT2D eigenvalue weighted by Crippen LogP contribution is -2.26. The number of hydrogen-bond acceptors (Lipinski definition) is 5. The normalized spacial score (nSPS) is 11.4. The number of benzene rings is 2. The van der Waals surface area contributed by atoms with E-state index in [1.54, 1.807) is 12.1 Å². The number of hydrogen-bond donors (Lipinski definition) is 1. The first-order valence-corrected chi connectivity index (χ1v) is 11.0. The summed E-state index contributed by atoms with van der Waals surface area (Å²) >= 11 is 0. The Labute approximate surface area is 195 Å². The molecule has 4 aromatic rings. The van der Waals surface area contributed by atoms with Gasteiger partial charge in [0.05, 0.1) is 12.6 Å². The number of carbonyl (C=O) groups is 1. The highest BCUT2D eigenvalue weighted by Gasteiger charge is 2.15. The standard InChI is InChI=1S/C25H26F2N4O3/c1-15-18(16(2)31-24(29-15)19-6-4-5-7-20(19)30-31)9-11-23(32)28-13-12-17-8-10-21(33-3)22(14-17)34-25(26)27/h4-8,10,14,25H,9,11-13H2,1-3H3,(H,28,32). The van der Waals surface area contributed by atoms with Crippen molar-refractivity contribution in [3.05, 3.63) is 65.0 Å². The average Bonchev–Trinajstić information content (AvgIpc) is 3.17. The Hall–Kier alpha value is -3.75. The van der Waals surface area contributed by atoms with Gasteiger partial charge in [-0.15, -0.1) is 0 Å². The van der Waals surface area contributed by atoms with Crippen LogP contribution in [0.5, 0.6) is 11.5 Å². The van der Waals surface area contributed by atoms with Gasteiger partial charge in [-0.05, 0) is 62.1 Å². The first kappa shape index (κ1) is 23.4. The van der Waals surface area contributed by atoms with Gasteiger partial charge in [-0.2, -0.15) is 13.9 Å². The third-order valence-corrected chi connectivity index (χ3v) is 5.80. The first-order valence-electron chi connectivity index (χ1n) is 11.0. The largest absolute Gasteiger partial charge is 0.493 e. The van der Waals surface area contributed by atoms with Gasteiger partial charge >= 0.3 is 6.61 Å². The summed E-state index contributed by atoms with van der Waals surface area (Å²) in [5.74, 6) is 0.109. The lowest BCUT2D eigenvalue weighted by atomic mass is 10.1. The van der Waals surface area contributed by atoms with Crippen molar-refractivity contribution in [2.75, 3.05) is 13.7 Å². The SMILES string of the molecule is COc1ccc(CCNC(=O)CCc2c(C)nc3c4ccccc4nn3c2C)cc1OC(F)F. The molecule has 0 bridgehead atoms. The molecule has 0 unspecified atom stereocenters. The van der Waals surface area contributed by atoms with Crippen molar-refractivity contribution in [3.63, 3.8) is 0 Å². The molecule has 0 aliphatic heterocycles. The van der Waals surface area contributed by atoms with E-state index in [-0.39, 0.29) is 17.4 Å². The fourth-order valence-electron chi connectivity index (χ4n) is 4.08. The van der Waals surface area contributed by atoms with Crippen molar-refractivity contribution in [3.8, 4) is 11.5 Å². The van der Waals surface area contributed by atoms with Crippen LogP contribution in [0.15, 0.2) is 42.5 Å². The third-order valence-electron chi connectivity index (χ3n) is 5.80. The van der Waals surface area contributed by atoms with Gasteiger partial charge in [0.2, 0.25) is 5.91 Å². The van der Waals surface area contributed by atoms with Crippen molar-refractivity contribution in [1.82, 2.24) is 19.9 Å². The maximum Gasteiger partial charge on any atom is 0.387 e. The quantitative estimate of drug-likeness (QED) is 0.394. The van der Waals surface area contributed by atoms with Gasteiger partial charge in [-0.3, -0.25) is 4.79 Å². The van der Waals surface area contributed by atoms with E-state index in [1.165, 1.54) is 13.2 Å². The van der Waals surface area contributed by atoms with Gasteiger partial charge in [0.15, 0.2) is 17.1 Å². The maximum absolute atomic E-state index is 12.6. The predicted octanol–water partition coefficient (Wildman–Crippen LogP) is 4.40. The van der Waals surface area contributed by atoms with Crippen LogP contribution in [0.1, 0.15) is 28.9 Å². The monoisotopic (exact) mass is 468 g/mol. The molecular formula is C25H26F2N4O3. The molecule has 7 nitrogen and oxygen atoms in total. The van der Waals surface area contributed by atoms with Gasteiger partial charge < -0.3 is 14.8 Å². The molecule has 0 fully saturated rings. The summed E-state index contributed by atoms with van der Waals surface area (Å²) in [6, 6.07) is 12.7. The van der Waals surface area contributed by atoms with E-state index in [0.717, 1.165) is 39.1 Å². The highest BCUT2D eigenvalue weighted by atomic mass is 19.3. The Kier molecular flexibility index (Phi) is 6.90. The summed E-state index contributed by atoms with van der Waals surface area (Å²) in [4.78, 5) is 17.2. The molecule has 0 spiro atoms. The molecular weight excluding hydrogens is 442 g/mol. The van der Waals surface area contributed by atoms with Crippen LogP contribution < -0.4 is 14.8 Å². The number of rotatable bonds is 9. The Morgan fingerprint density at radius 1 is 1.12 bits per heavy atom. The van der Waals surface area contributed by atoms with E-state index in [9.17, 15) is 13.6 Å². The van der Waals surface area contributed by atoms with Crippen molar-refractivity contribution in [1.29, 1.82) is 0 Å². The summed E-state index contributed by atoms with van der Waals surface area (Å²) in [6.45, 7) is 1.37. The van der Waals surface area contributed by atoms with Gasteiger partial charge in [0, 0.05) is 29.7 Å². The van der Waals surface area contributed by atoms with Crippen LogP contribution >= 0.6 is 0 Å². The minimum atomic E-state index is -2.94. The fraction of sp³-hybridized carbons (Fsp3) is 0.320. The Morgan fingerprint density at radius 3 is 2.68 bits per heavy atom. The molecule has 0 aliphatic rings. The van der Waals surface area contributed by atoms with Crippen LogP contribution in [0, 0.1) is 13.8 Å². The topological polar surface area (TPSA) is 77.8 Å². The molecule has 0 atom stereocenters. The van der Waals surface area contributed by atoms with E-state index >= 15 is 0 Å². The van der Waals surface area contributed by atoms with Crippen molar-refractivity contribution in [2.24, 2.45) is 0 Å². The number of nitrogens with zero attached hydrogens (tertiary/aromatic N) is 3. The zero-order valence-corrected chi connectivity index (χ0v) is 19.3. The van der Waals surface area contributed by atoms with Gasteiger partial charge in [-0.1, -0.05) is 18.2 Å². The highest BCUT2D eigenvalue weighted by Crippen LogP contribution is 2.29. The zero-order valence-electron chi connectivity index (χ0n) is 19.3. The Balaban J connectivity index is 1.37. The van der Waals surface area contributed by atoms with Crippen LogP contribution in [0.4, 0.5) is 8.78 Å². The molecule has 0 aliphatic carbocycles. The average molecular weight is 469 g/mol. The summed E-state index contributed by atoms with van der Waals surface area (Å²) in [5.41, 5.74) is 5.30. The molecule has 1 N–H and O–H groups in total. The van der Waals surface area contributed by atoms with E-state index in [4.69, 9.17) is 9.72 Å². The number of halogens is 2. The second kappa shape index (κ2) is 10.0. The lowest BCUT2D eigenvalue weighted by molar-refractivity contribution is -0.121. The van der Waals surface area contributed by atoms with Crippen molar-refractivity contribution < 1.29 is 23.0 Å². The molecule has 2 aromatic carbocycles. The van der Waals surface area contributed by atoms with Gasteiger partial charge in [0.25, 0.3) is 0 Å². The summed E-state index contributed by atoms with van der Waals surface area (Å²) < 4.78 is 36.6. The Bertz CT molecular complexity index is 1340. The minimum absolute atomic E-state index is 0.0264. The van der Waals surface area contributed by atoms with Crippen LogP contribution in [0.3, 0.4) is 0 Å². The molecule has 1 amide bonds. The number of ether oxygens (including phenoxy) is 2. The number of carbonyl (C=O) groups excluding carboxylic acids is 1. The smallest absolute Gasteiger partial charge is 0.387 e. The van der Waals surface area contributed by atoms with Crippen LogP contribution in [0.2, 0.25) is 0 Å². The van der Waals surface area contributed by atoms with Gasteiger partial charge in [0.1, 0.15) is 0 Å². The predicted molar refractivity (Wildman–Crippen MR) is 125 cm³/mol. The van der Waals surface area contributed by atoms with E-state index < -0.39 is 6.61 Å². The van der Waals surface area contributed by atoms with Crippen LogP contribution in [-0.2, 0) is 17.6 Å². The van der Waals surface area contributed by atoms with Crippen molar-refractivity contribution in [2.45, 2.75) is 39.7 Å². The van der Waals surface area contributed by atoms with E-state index in [0.29, 0.717) is 25.8 Å². The summed E-state index contributed by atoms with van der Waals surface area (Å²) in [5, 5.41) is 8.54. The van der Waals surface area contributed by atoms with Gasteiger partial charge in [-0.25, -0.2) is 9.50 Å². The molecule has 2 heterocycles. The molecule has 2 aromatic heterocycles. The number of aromatic nitrogens is 3. The van der Waals surface area contributed by atoms with Crippen molar-refractivity contribution >= 4 is 22.5 Å². The number of alkyl halides is 2. The summed E-state index contributed by atoms with van der Waals surface area (Å²) in [6.07, 6.45) is 1.32. The second-order valence-corrected chi connectivity index (χ2v) is 7.98. The van der Waals surface area contributed by atoms with Crippen LogP contribution in [0.25, 0.3) is 16.6 Å². The maximum atomic E-state index is 12.6. The first-order chi connectivity index (χ1) is 16.4. The minimum Gasteiger partial charge on any atom is -0.493 e. The molecule has 178 valence electrons. The number of fused-ring (bicyclic) bond motifs is 3. The molecule has 0 saturated heterocycles. The molecule has 34 heavy (non-hydrogen) atoms. The molecule has 9 heteroatoms. The second-order valence-electron chi connectivity index (χ2n) is 7.98. The number of methoxy groups -OCH3 is 1. The molecule has 0 radical (unpaired) electrons. The molecule has 4 rings (SSSR count). The number of aryl methyl sites for hydroxylation is 2. The number of amides is 1. The van der Waals surface area contributed by atoms with Crippen LogP contribution in [-0.4, -0.2) is 40.8 Å². The summed E-state index contributed by atoms with van der Waals surface area (Å²) in [7, 11) is 1.39. The highest BCUT2D eigenvalue weighted by molar-refractivity contribution is 5.92. The lowest BCUT2D eigenvalue weighted by Gasteiger charge is -2.12.